The van der Waals surface area contributed by atoms with E-state index >= 15 is 0 Å². The van der Waals surface area contributed by atoms with Crippen LogP contribution in [0.1, 0.15) is 22.2 Å². The van der Waals surface area contributed by atoms with Gasteiger partial charge in [-0.1, -0.05) is 36.4 Å². The molecule has 0 saturated carbocycles. The minimum absolute atomic E-state index is 0.131. The molecule has 0 aliphatic carbocycles. The Morgan fingerprint density at radius 2 is 1.59 bits per heavy atom. The van der Waals surface area contributed by atoms with Crippen molar-refractivity contribution in [2.24, 2.45) is 0 Å². The van der Waals surface area contributed by atoms with Crippen LogP contribution < -0.4 is 20.7 Å². The van der Waals surface area contributed by atoms with Crippen molar-refractivity contribution in [1.82, 2.24) is 5.32 Å². The lowest BCUT2D eigenvalue weighted by atomic mass is 10.2. The van der Waals surface area contributed by atoms with Gasteiger partial charge in [-0.15, -0.1) is 23.1 Å². The fourth-order valence-corrected chi connectivity index (χ4v) is 5.04. The van der Waals surface area contributed by atoms with Crippen LogP contribution in [0.2, 0.25) is 0 Å². The first-order chi connectivity index (χ1) is 18.9. The van der Waals surface area contributed by atoms with Gasteiger partial charge in [-0.2, -0.15) is 0 Å². The number of benzene rings is 3. The van der Waals surface area contributed by atoms with Gasteiger partial charge in [0.2, 0.25) is 5.91 Å². The molecular weight excluding hydrogens is 530 g/mol. The molecule has 3 aromatic carbocycles. The van der Waals surface area contributed by atoms with Gasteiger partial charge >= 0.3 is 0 Å². The molecule has 3 N–H and O–H groups in total. The summed E-state index contributed by atoms with van der Waals surface area (Å²) in [6, 6.07) is 26.9. The number of amides is 3. The van der Waals surface area contributed by atoms with Crippen molar-refractivity contribution in [1.29, 1.82) is 0 Å². The highest BCUT2D eigenvalue weighted by atomic mass is 32.2. The molecule has 0 saturated heterocycles. The Morgan fingerprint density at radius 1 is 0.872 bits per heavy atom. The van der Waals surface area contributed by atoms with E-state index in [0.717, 1.165) is 9.77 Å². The zero-order valence-corrected chi connectivity index (χ0v) is 23.0. The van der Waals surface area contributed by atoms with Crippen molar-refractivity contribution < 1.29 is 19.1 Å². The Kier molecular flexibility index (Phi) is 9.55. The van der Waals surface area contributed by atoms with Crippen LogP contribution in [-0.2, 0) is 9.59 Å². The molecule has 3 amide bonds. The first-order valence-electron chi connectivity index (χ1n) is 12.1. The van der Waals surface area contributed by atoms with Crippen LogP contribution in [0.15, 0.2) is 107 Å². The second kappa shape index (κ2) is 13.5. The summed E-state index contributed by atoms with van der Waals surface area (Å²) < 4.78 is 5.30. The van der Waals surface area contributed by atoms with Gasteiger partial charge in [-0.3, -0.25) is 14.4 Å². The third-order valence-electron chi connectivity index (χ3n) is 5.52. The van der Waals surface area contributed by atoms with E-state index in [2.05, 4.69) is 16.0 Å². The SMILES string of the molecule is COc1ccccc1NC(=O)C(C)Sc1ccc(NC(=O)/C(=C/c2cccs2)NC(=O)c2ccccc2)cc1. The number of hydrogen-bond donors (Lipinski definition) is 3. The largest absolute Gasteiger partial charge is 0.495 e. The number of thioether (sulfide) groups is 1. The number of nitrogens with one attached hydrogen (secondary N) is 3. The Labute approximate surface area is 235 Å². The van der Waals surface area contributed by atoms with Crippen molar-refractivity contribution in [2.45, 2.75) is 17.1 Å². The van der Waals surface area contributed by atoms with Gasteiger partial charge in [0.25, 0.3) is 11.8 Å². The van der Waals surface area contributed by atoms with Crippen molar-refractivity contribution in [3.05, 3.63) is 113 Å². The molecule has 0 aliphatic rings. The van der Waals surface area contributed by atoms with Crippen molar-refractivity contribution in [3.63, 3.8) is 0 Å². The van der Waals surface area contributed by atoms with E-state index in [1.165, 1.54) is 23.1 Å². The molecule has 0 aliphatic heterocycles. The first kappa shape index (κ1) is 27.7. The van der Waals surface area contributed by atoms with E-state index in [1.807, 2.05) is 54.8 Å². The molecule has 1 aromatic heterocycles. The van der Waals surface area contributed by atoms with E-state index in [-0.39, 0.29) is 22.8 Å². The minimum atomic E-state index is -0.447. The van der Waals surface area contributed by atoms with Gasteiger partial charge in [-0.25, -0.2) is 0 Å². The summed E-state index contributed by atoms with van der Waals surface area (Å²) in [6.07, 6.45) is 1.65. The maximum atomic E-state index is 13.1. The Balaban J connectivity index is 1.39. The number of carbonyl (C=O) groups excluding carboxylic acids is 3. The smallest absolute Gasteiger partial charge is 0.272 e. The lowest BCUT2D eigenvalue weighted by Gasteiger charge is -2.14. The molecular formula is C30H27N3O4S2. The molecule has 4 aromatic rings. The number of hydrogen-bond acceptors (Lipinski definition) is 6. The average molecular weight is 558 g/mol. The summed E-state index contributed by atoms with van der Waals surface area (Å²) in [4.78, 5) is 40.3. The number of ether oxygens (including phenoxy) is 1. The number of thiophene rings is 1. The van der Waals surface area contributed by atoms with E-state index in [4.69, 9.17) is 4.74 Å². The Hall–Kier alpha value is -4.34. The van der Waals surface area contributed by atoms with Gasteiger partial charge in [0.05, 0.1) is 18.0 Å². The predicted octanol–water partition coefficient (Wildman–Crippen LogP) is 6.29. The van der Waals surface area contributed by atoms with Gasteiger partial charge in [0.15, 0.2) is 0 Å². The highest BCUT2D eigenvalue weighted by Crippen LogP contribution is 2.28. The van der Waals surface area contributed by atoms with Gasteiger partial charge in [-0.05, 0) is 73.0 Å². The molecule has 0 radical (unpaired) electrons. The molecule has 1 atom stereocenters. The standard InChI is InChI=1S/C30H27N3O4S2/c1-20(28(34)32-25-12-6-7-13-27(25)37-2)39-23-16-14-22(15-17-23)31-30(36)26(19-24-11-8-18-38-24)33-29(35)21-9-4-3-5-10-21/h3-20H,1-2H3,(H,31,36)(H,32,34)(H,33,35)/b26-19-. The topological polar surface area (TPSA) is 96.5 Å². The molecule has 9 heteroatoms. The summed E-state index contributed by atoms with van der Waals surface area (Å²) >= 11 is 2.85. The molecule has 4 rings (SSSR count). The van der Waals surface area contributed by atoms with Crippen LogP contribution in [0.5, 0.6) is 5.75 Å². The van der Waals surface area contributed by atoms with Crippen molar-refractivity contribution in [3.8, 4) is 5.75 Å². The average Bonchev–Trinajstić information content (AvgIpc) is 3.47. The third kappa shape index (κ3) is 7.83. The molecule has 39 heavy (non-hydrogen) atoms. The van der Waals surface area contributed by atoms with E-state index in [1.54, 1.807) is 61.7 Å². The maximum absolute atomic E-state index is 13.1. The highest BCUT2D eigenvalue weighted by Gasteiger charge is 2.18. The predicted molar refractivity (Wildman–Crippen MR) is 158 cm³/mol. The molecule has 0 spiro atoms. The summed E-state index contributed by atoms with van der Waals surface area (Å²) in [5, 5.41) is 9.99. The van der Waals surface area contributed by atoms with Crippen LogP contribution >= 0.6 is 23.1 Å². The fourth-order valence-electron chi connectivity index (χ4n) is 3.51. The number of rotatable bonds is 10. The summed E-state index contributed by atoms with van der Waals surface area (Å²) in [5.41, 5.74) is 1.75. The van der Waals surface area contributed by atoms with E-state index in [0.29, 0.717) is 22.7 Å². The summed E-state index contributed by atoms with van der Waals surface area (Å²) in [5.74, 6) is -0.381. The second-order valence-corrected chi connectivity index (χ2v) is 10.7. The normalized spacial score (nSPS) is 11.8. The Bertz CT molecular complexity index is 1450. The van der Waals surface area contributed by atoms with Crippen LogP contribution in [-0.4, -0.2) is 30.1 Å². The zero-order chi connectivity index (χ0) is 27.6. The number of methoxy groups -OCH3 is 1. The second-order valence-electron chi connectivity index (χ2n) is 8.32. The quantitative estimate of drug-likeness (QED) is 0.157. The summed E-state index contributed by atoms with van der Waals surface area (Å²) in [6.45, 7) is 1.82. The molecule has 7 nitrogen and oxygen atoms in total. The molecule has 1 heterocycles. The number of carbonyl (C=O) groups is 3. The summed E-state index contributed by atoms with van der Waals surface area (Å²) in [7, 11) is 1.56. The number of anilines is 2. The fraction of sp³-hybridized carbons (Fsp3) is 0.100. The zero-order valence-electron chi connectivity index (χ0n) is 21.3. The minimum Gasteiger partial charge on any atom is -0.495 e. The molecule has 0 fully saturated rings. The van der Waals surface area contributed by atoms with Gasteiger partial charge in [0.1, 0.15) is 11.4 Å². The number of para-hydroxylation sites is 2. The van der Waals surface area contributed by atoms with E-state index in [9.17, 15) is 14.4 Å². The monoisotopic (exact) mass is 557 g/mol. The van der Waals surface area contributed by atoms with Crippen LogP contribution in [0.3, 0.4) is 0 Å². The van der Waals surface area contributed by atoms with Crippen molar-refractivity contribution in [2.75, 3.05) is 17.7 Å². The first-order valence-corrected chi connectivity index (χ1v) is 13.8. The van der Waals surface area contributed by atoms with Crippen LogP contribution in [0.4, 0.5) is 11.4 Å². The Morgan fingerprint density at radius 3 is 2.28 bits per heavy atom. The molecule has 1 unspecified atom stereocenters. The third-order valence-corrected chi connectivity index (χ3v) is 7.45. The maximum Gasteiger partial charge on any atom is 0.272 e. The molecule has 0 bridgehead atoms. The van der Waals surface area contributed by atoms with Crippen molar-refractivity contribution >= 4 is 58.3 Å². The van der Waals surface area contributed by atoms with Crippen LogP contribution in [0.25, 0.3) is 6.08 Å². The lowest BCUT2D eigenvalue weighted by Crippen LogP contribution is -2.30. The van der Waals surface area contributed by atoms with E-state index < -0.39 is 5.91 Å². The molecule has 198 valence electrons. The lowest BCUT2D eigenvalue weighted by molar-refractivity contribution is -0.115. The van der Waals surface area contributed by atoms with Gasteiger partial charge < -0.3 is 20.7 Å². The highest BCUT2D eigenvalue weighted by molar-refractivity contribution is 8.00. The van der Waals surface area contributed by atoms with Gasteiger partial charge in [0, 0.05) is 21.0 Å². The van der Waals surface area contributed by atoms with Crippen LogP contribution in [0, 0.1) is 0 Å².